The van der Waals surface area contributed by atoms with Crippen LogP contribution in [-0.4, -0.2) is 48.6 Å². The molecule has 0 aromatic heterocycles. The van der Waals surface area contributed by atoms with Gasteiger partial charge in [-0.15, -0.1) is 0 Å². The van der Waals surface area contributed by atoms with E-state index < -0.39 is 0 Å². The minimum Gasteiger partial charge on any atom is -0.665 e. The van der Waals surface area contributed by atoms with Crippen molar-refractivity contribution in [3.8, 4) is 0 Å². The van der Waals surface area contributed by atoms with E-state index in [1.807, 2.05) is 13.8 Å². The van der Waals surface area contributed by atoms with Gasteiger partial charge in [-0.1, -0.05) is 6.47 Å². The summed E-state index contributed by atoms with van der Waals surface area (Å²) in [5, 5.41) is 6.76. The predicted molar refractivity (Wildman–Crippen MR) is 49.8 cm³/mol. The zero-order valence-corrected chi connectivity index (χ0v) is 12.1. The van der Waals surface area contributed by atoms with Gasteiger partial charge in [0, 0.05) is 46.8 Å². The SMILES string of the molecule is C[C-](C)N(C)C(=O)N(C)C.O=[C-]O.[Y]. The summed E-state index contributed by atoms with van der Waals surface area (Å²) in [7, 11) is 5.24. The smallest absolute Gasteiger partial charge is 0.289 e. The van der Waals surface area contributed by atoms with Gasteiger partial charge in [0.05, 0.1) is 0 Å². The van der Waals surface area contributed by atoms with Crippen LogP contribution in [0.4, 0.5) is 4.79 Å². The van der Waals surface area contributed by atoms with Crippen LogP contribution in [0.25, 0.3) is 0 Å². The van der Waals surface area contributed by atoms with Crippen LogP contribution in [0.5, 0.6) is 0 Å². The van der Waals surface area contributed by atoms with Gasteiger partial charge in [0.1, 0.15) is 0 Å². The van der Waals surface area contributed by atoms with Crippen LogP contribution < -0.4 is 0 Å². The van der Waals surface area contributed by atoms with Crippen molar-refractivity contribution in [2.75, 3.05) is 21.1 Å². The molecule has 0 saturated carbocycles. The van der Waals surface area contributed by atoms with Crippen molar-refractivity contribution in [2.24, 2.45) is 0 Å². The number of nitrogens with zero attached hydrogens (tertiary/aromatic N) is 2. The molecule has 5 nitrogen and oxygen atoms in total. The molecular formula is C8H16N2O3Y-2. The van der Waals surface area contributed by atoms with Gasteiger partial charge in [-0.25, -0.2) is 6.04 Å². The maximum Gasteiger partial charge on any atom is 0.289 e. The molecule has 6 heteroatoms. The maximum absolute atomic E-state index is 11.1. The van der Waals surface area contributed by atoms with Crippen LogP contribution in [0.3, 0.4) is 0 Å². The standard InChI is InChI=1S/C7H15N2O.CHO2.Y/c1-6(2)9(5)7(10)8(3)4;2-1-3;/h1-5H3;(H,2,3);/q2*-1;. The summed E-state index contributed by atoms with van der Waals surface area (Å²) < 4.78 is 0. The molecule has 2 amide bonds. The summed E-state index contributed by atoms with van der Waals surface area (Å²) in [5.74, 6) is 0. The van der Waals surface area contributed by atoms with Crippen LogP contribution in [0.15, 0.2) is 0 Å². The average Bonchev–Trinajstić information content (AvgIpc) is 2.03. The first kappa shape index (κ1) is 19.4. The molecule has 14 heavy (non-hydrogen) atoms. The van der Waals surface area contributed by atoms with Crippen molar-refractivity contribution in [1.82, 2.24) is 9.80 Å². The Labute approximate surface area is 110 Å². The molecule has 0 heterocycles. The fraction of sp³-hybridized carbons (Fsp3) is 0.625. The van der Waals surface area contributed by atoms with E-state index in [1.54, 1.807) is 30.9 Å². The second-order valence-corrected chi connectivity index (χ2v) is 2.77. The first-order valence-corrected chi connectivity index (χ1v) is 3.64. The Morgan fingerprint density at radius 3 is 1.64 bits per heavy atom. The average molecular weight is 277 g/mol. The van der Waals surface area contributed by atoms with E-state index in [2.05, 4.69) is 0 Å². The van der Waals surface area contributed by atoms with Gasteiger partial charge in [-0.2, -0.15) is 13.8 Å². The molecule has 0 aliphatic carbocycles. The van der Waals surface area contributed by atoms with E-state index in [9.17, 15) is 4.79 Å². The second-order valence-electron chi connectivity index (χ2n) is 2.77. The number of carbonyl (C=O) groups excluding carboxylic acids is 1. The van der Waals surface area contributed by atoms with Crippen molar-refractivity contribution >= 4 is 12.5 Å². The number of amides is 2. The molecule has 81 valence electrons. The minimum absolute atomic E-state index is 0. The molecule has 1 N–H and O–H groups in total. The van der Waals surface area contributed by atoms with Crippen LogP contribution >= 0.6 is 0 Å². The summed E-state index contributed by atoms with van der Waals surface area (Å²) in [5.41, 5.74) is 0. The molecule has 0 aromatic carbocycles. The molecule has 0 rings (SSSR count). The zero-order valence-electron chi connectivity index (χ0n) is 9.24. The Morgan fingerprint density at radius 2 is 1.57 bits per heavy atom. The molecule has 0 saturated heterocycles. The molecular weight excluding hydrogens is 261 g/mol. The Kier molecular flexibility index (Phi) is 15.2. The van der Waals surface area contributed by atoms with E-state index >= 15 is 0 Å². The molecule has 0 aliphatic rings. The van der Waals surface area contributed by atoms with Crippen LogP contribution in [0, 0.1) is 6.04 Å². The number of carbonyl (C=O) groups is 1. The first-order valence-electron chi connectivity index (χ1n) is 3.64. The molecule has 0 atom stereocenters. The minimum atomic E-state index is 0. The van der Waals surface area contributed by atoms with Gasteiger partial charge < -0.3 is 19.7 Å². The molecule has 0 bridgehead atoms. The molecule has 0 aliphatic heterocycles. The van der Waals surface area contributed by atoms with E-state index in [1.165, 1.54) is 0 Å². The van der Waals surface area contributed by atoms with Crippen LogP contribution in [0.1, 0.15) is 13.8 Å². The Hall–Kier alpha value is -0.156. The van der Waals surface area contributed by atoms with Crippen molar-refractivity contribution in [1.29, 1.82) is 0 Å². The third kappa shape index (κ3) is 9.93. The van der Waals surface area contributed by atoms with E-state index in [0.717, 1.165) is 6.04 Å². The monoisotopic (exact) mass is 277 g/mol. The van der Waals surface area contributed by atoms with Crippen molar-refractivity contribution in [3.05, 3.63) is 6.04 Å². The van der Waals surface area contributed by atoms with Crippen molar-refractivity contribution in [3.63, 3.8) is 0 Å². The van der Waals surface area contributed by atoms with E-state index in [4.69, 9.17) is 9.90 Å². The van der Waals surface area contributed by atoms with E-state index in [0.29, 0.717) is 6.47 Å². The fourth-order valence-corrected chi connectivity index (χ4v) is 0.491. The topological polar surface area (TPSA) is 60.9 Å². The Bertz CT molecular complexity index is 163. The predicted octanol–water partition coefficient (Wildman–Crippen LogP) is 0.781. The van der Waals surface area contributed by atoms with E-state index in [-0.39, 0.29) is 38.7 Å². The number of urea groups is 1. The molecule has 0 aromatic rings. The van der Waals surface area contributed by atoms with Crippen molar-refractivity contribution in [2.45, 2.75) is 13.8 Å². The normalized spacial score (nSPS) is 7.86. The fourth-order valence-electron chi connectivity index (χ4n) is 0.491. The van der Waals surface area contributed by atoms with Crippen molar-refractivity contribution < 1.29 is 47.4 Å². The molecule has 1 radical (unpaired) electrons. The summed E-state index contributed by atoms with van der Waals surface area (Å²) in [6.45, 7) is 4.31. The number of rotatable bonds is 1. The quantitative estimate of drug-likeness (QED) is 0.720. The summed E-state index contributed by atoms with van der Waals surface area (Å²) >= 11 is 0. The van der Waals surface area contributed by atoms with Gasteiger partial charge in [0.15, 0.2) is 0 Å². The Morgan fingerprint density at radius 1 is 1.29 bits per heavy atom. The second kappa shape index (κ2) is 10.9. The summed E-state index contributed by atoms with van der Waals surface area (Å²) in [6, 6.07) is 1.01. The third-order valence-corrected chi connectivity index (χ3v) is 1.34. The molecule has 0 fully saturated rings. The zero-order chi connectivity index (χ0) is 11.0. The number of hydrogen-bond acceptors (Lipinski definition) is 2. The van der Waals surface area contributed by atoms with Gasteiger partial charge >= 0.3 is 0 Å². The first-order chi connectivity index (χ1) is 5.88. The van der Waals surface area contributed by atoms with Gasteiger partial charge in [-0.3, -0.25) is 4.79 Å². The number of aliphatic hydroxyl groups excluding tert-OH is 1. The van der Waals surface area contributed by atoms with Gasteiger partial charge in [0.2, 0.25) is 0 Å². The largest absolute Gasteiger partial charge is 0.665 e. The summed E-state index contributed by atoms with van der Waals surface area (Å²) in [6.07, 6.45) is 0. The van der Waals surface area contributed by atoms with Gasteiger partial charge in [0.25, 0.3) is 6.03 Å². The van der Waals surface area contributed by atoms with Gasteiger partial charge in [-0.05, 0) is 7.05 Å². The van der Waals surface area contributed by atoms with Crippen LogP contribution in [0.2, 0.25) is 0 Å². The maximum atomic E-state index is 11.1. The third-order valence-electron chi connectivity index (χ3n) is 1.34. The van der Waals surface area contributed by atoms with Crippen LogP contribution in [-0.2, 0) is 37.5 Å². The number of hydrogen-bond donors (Lipinski definition) is 1. The molecule has 0 unspecified atom stereocenters. The Balaban J connectivity index is -0.000000267. The molecule has 0 spiro atoms. The summed E-state index contributed by atoms with van der Waals surface area (Å²) in [4.78, 5) is 22.5.